The molecule has 2 N–H and O–H groups in total. The predicted molar refractivity (Wildman–Crippen MR) is 147 cm³/mol. The molecule has 0 spiro atoms. The van der Waals surface area contributed by atoms with Crippen LogP contribution in [-0.4, -0.2) is 66.9 Å². The minimum absolute atomic E-state index is 0.276. The fourth-order valence-electron chi connectivity index (χ4n) is 4.43. The van der Waals surface area contributed by atoms with E-state index in [0.717, 1.165) is 15.7 Å². The molecule has 1 heterocycles. The van der Waals surface area contributed by atoms with Gasteiger partial charge in [-0.25, -0.2) is 4.79 Å². The number of rotatable bonds is 10. The summed E-state index contributed by atoms with van der Waals surface area (Å²) in [7, 11) is 1.44. The molecule has 4 rings (SSSR count). The first-order valence-electron chi connectivity index (χ1n) is 12.7. The van der Waals surface area contributed by atoms with Crippen molar-refractivity contribution < 1.29 is 28.7 Å². The summed E-state index contributed by atoms with van der Waals surface area (Å²) >= 11 is 0. The van der Waals surface area contributed by atoms with Crippen LogP contribution in [0.25, 0.3) is 10.8 Å². The van der Waals surface area contributed by atoms with Gasteiger partial charge in [0.05, 0.1) is 19.8 Å². The molecule has 0 aromatic heterocycles. The molecule has 0 radical (unpaired) electrons. The Morgan fingerprint density at radius 1 is 0.949 bits per heavy atom. The molecule has 39 heavy (non-hydrogen) atoms. The number of benzene rings is 3. The summed E-state index contributed by atoms with van der Waals surface area (Å²) in [6.07, 6.45) is 0. The van der Waals surface area contributed by atoms with Crippen LogP contribution in [0.3, 0.4) is 0 Å². The standard InChI is InChI=1S/C29H32N4O6/c1-5-38-23-14-13-22(16-24(23)39-6-2)30-25(34)17-32(4)26(35)18-33-27(36)29(3,31-28(33)37)21-12-11-19-9-7-8-10-20(19)15-21/h7-16H,5-6,17-18H2,1-4H3,(H,30,34)(H,31,37). The number of ether oxygens (including phenoxy) is 2. The minimum Gasteiger partial charge on any atom is -0.490 e. The van der Waals surface area contributed by atoms with Crippen molar-refractivity contribution in [1.82, 2.24) is 15.1 Å². The molecule has 1 fully saturated rings. The zero-order chi connectivity index (χ0) is 28.2. The van der Waals surface area contributed by atoms with Gasteiger partial charge in [-0.05, 0) is 55.3 Å². The normalized spacial score (nSPS) is 16.7. The number of imide groups is 1. The van der Waals surface area contributed by atoms with E-state index in [1.807, 2.05) is 50.2 Å². The first-order chi connectivity index (χ1) is 18.7. The number of nitrogens with one attached hydrogen (secondary N) is 2. The fraction of sp³-hybridized carbons (Fsp3) is 0.310. The lowest BCUT2D eigenvalue weighted by Crippen LogP contribution is -2.45. The van der Waals surface area contributed by atoms with Gasteiger partial charge in [0.1, 0.15) is 12.1 Å². The number of amides is 5. The molecule has 1 aliphatic heterocycles. The van der Waals surface area contributed by atoms with E-state index < -0.39 is 35.8 Å². The van der Waals surface area contributed by atoms with Crippen LogP contribution in [0.15, 0.2) is 60.7 Å². The van der Waals surface area contributed by atoms with Gasteiger partial charge in [0.15, 0.2) is 11.5 Å². The maximum absolute atomic E-state index is 13.3. The summed E-state index contributed by atoms with van der Waals surface area (Å²) < 4.78 is 11.1. The Labute approximate surface area is 226 Å². The second kappa shape index (κ2) is 11.4. The number of carbonyl (C=O) groups excluding carboxylic acids is 4. The van der Waals surface area contributed by atoms with E-state index in [1.54, 1.807) is 31.2 Å². The number of hydrogen-bond donors (Lipinski definition) is 2. The maximum atomic E-state index is 13.3. The molecule has 0 aliphatic carbocycles. The monoisotopic (exact) mass is 532 g/mol. The Bertz CT molecular complexity index is 1420. The van der Waals surface area contributed by atoms with Crippen LogP contribution >= 0.6 is 0 Å². The van der Waals surface area contributed by atoms with E-state index in [2.05, 4.69) is 10.6 Å². The van der Waals surface area contributed by atoms with Crippen molar-refractivity contribution >= 4 is 40.2 Å². The lowest BCUT2D eigenvalue weighted by Gasteiger charge is -2.23. The van der Waals surface area contributed by atoms with Gasteiger partial charge >= 0.3 is 6.03 Å². The summed E-state index contributed by atoms with van der Waals surface area (Å²) in [4.78, 5) is 53.6. The summed E-state index contributed by atoms with van der Waals surface area (Å²) in [5, 5.41) is 7.39. The predicted octanol–water partition coefficient (Wildman–Crippen LogP) is 3.50. The van der Waals surface area contributed by atoms with Crippen LogP contribution in [0.2, 0.25) is 0 Å². The summed E-state index contributed by atoms with van der Waals surface area (Å²) in [5.41, 5.74) is -0.222. The van der Waals surface area contributed by atoms with Crippen molar-refractivity contribution in [2.24, 2.45) is 0 Å². The molecule has 1 aliphatic rings. The van der Waals surface area contributed by atoms with Crippen molar-refractivity contribution in [2.75, 3.05) is 38.7 Å². The highest BCUT2D eigenvalue weighted by molar-refractivity contribution is 6.09. The molecule has 0 bridgehead atoms. The Balaban J connectivity index is 1.39. The van der Waals surface area contributed by atoms with Crippen LogP contribution in [0.4, 0.5) is 10.5 Å². The Kier molecular flexibility index (Phi) is 8.04. The molecule has 5 amide bonds. The second-order valence-electron chi connectivity index (χ2n) is 9.33. The topological polar surface area (TPSA) is 117 Å². The number of carbonyl (C=O) groups is 4. The average molecular weight is 533 g/mol. The van der Waals surface area contributed by atoms with Crippen LogP contribution in [0, 0.1) is 0 Å². The number of fused-ring (bicyclic) bond motifs is 1. The highest BCUT2D eigenvalue weighted by atomic mass is 16.5. The van der Waals surface area contributed by atoms with Gasteiger partial charge in [0, 0.05) is 18.8 Å². The summed E-state index contributed by atoms with van der Waals surface area (Å²) in [6.45, 7) is 5.46. The third kappa shape index (κ3) is 5.79. The first kappa shape index (κ1) is 27.4. The number of anilines is 1. The van der Waals surface area contributed by atoms with E-state index >= 15 is 0 Å². The van der Waals surface area contributed by atoms with Crippen LogP contribution in [0.5, 0.6) is 11.5 Å². The van der Waals surface area contributed by atoms with Crippen molar-refractivity contribution in [3.63, 3.8) is 0 Å². The van der Waals surface area contributed by atoms with E-state index in [4.69, 9.17) is 9.47 Å². The van der Waals surface area contributed by atoms with E-state index in [1.165, 1.54) is 11.9 Å². The quantitative estimate of drug-likeness (QED) is 0.386. The highest BCUT2D eigenvalue weighted by Crippen LogP contribution is 2.32. The Hall–Kier alpha value is -4.60. The molecule has 10 nitrogen and oxygen atoms in total. The SMILES string of the molecule is CCOc1ccc(NC(=O)CN(C)C(=O)CN2C(=O)NC(C)(c3ccc4ccccc4c3)C2=O)cc1OCC. The highest BCUT2D eigenvalue weighted by Gasteiger charge is 2.49. The summed E-state index contributed by atoms with van der Waals surface area (Å²) in [5.74, 6) is -0.482. The van der Waals surface area contributed by atoms with Crippen LogP contribution in [0.1, 0.15) is 26.3 Å². The first-order valence-corrected chi connectivity index (χ1v) is 12.7. The molecule has 1 unspecified atom stereocenters. The molecule has 3 aromatic rings. The number of hydrogen-bond acceptors (Lipinski definition) is 6. The third-order valence-electron chi connectivity index (χ3n) is 6.53. The molecule has 1 saturated heterocycles. The number of urea groups is 1. The van der Waals surface area contributed by atoms with Gasteiger partial charge in [0.2, 0.25) is 11.8 Å². The van der Waals surface area contributed by atoms with Crippen molar-refractivity contribution in [3.8, 4) is 11.5 Å². The van der Waals surface area contributed by atoms with Gasteiger partial charge < -0.3 is 25.0 Å². The second-order valence-corrected chi connectivity index (χ2v) is 9.33. The Morgan fingerprint density at radius 2 is 1.64 bits per heavy atom. The van der Waals surface area contributed by atoms with Gasteiger partial charge in [-0.15, -0.1) is 0 Å². The summed E-state index contributed by atoms with van der Waals surface area (Å²) in [6, 6.07) is 17.6. The van der Waals surface area contributed by atoms with Gasteiger partial charge in [0.25, 0.3) is 5.91 Å². The molecular formula is C29H32N4O6. The van der Waals surface area contributed by atoms with Gasteiger partial charge in [-0.2, -0.15) is 0 Å². The van der Waals surface area contributed by atoms with E-state index in [0.29, 0.717) is 36.0 Å². The molecule has 1 atom stereocenters. The molecule has 10 heteroatoms. The van der Waals surface area contributed by atoms with Crippen molar-refractivity contribution in [1.29, 1.82) is 0 Å². The van der Waals surface area contributed by atoms with Crippen LogP contribution < -0.4 is 20.1 Å². The molecule has 204 valence electrons. The zero-order valence-electron chi connectivity index (χ0n) is 22.4. The minimum atomic E-state index is -1.32. The van der Waals surface area contributed by atoms with E-state index in [-0.39, 0.29) is 6.54 Å². The lowest BCUT2D eigenvalue weighted by atomic mass is 9.90. The molecule has 0 saturated carbocycles. The smallest absolute Gasteiger partial charge is 0.325 e. The number of likely N-dealkylation sites (N-methyl/N-ethyl adjacent to an activating group) is 1. The number of nitrogens with zero attached hydrogens (tertiary/aromatic N) is 2. The average Bonchev–Trinajstić information content (AvgIpc) is 3.13. The van der Waals surface area contributed by atoms with Gasteiger partial charge in [-0.3, -0.25) is 19.3 Å². The third-order valence-corrected chi connectivity index (χ3v) is 6.53. The molecular weight excluding hydrogens is 500 g/mol. The van der Waals surface area contributed by atoms with Crippen molar-refractivity contribution in [2.45, 2.75) is 26.3 Å². The zero-order valence-corrected chi connectivity index (χ0v) is 22.4. The van der Waals surface area contributed by atoms with Crippen LogP contribution in [-0.2, 0) is 19.9 Å². The Morgan fingerprint density at radius 3 is 2.36 bits per heavy atom. The lowest BCUT2D eigenvalue weighted by molar-refractivity contribution is -0.139. The fourth-order valence-corrected chi connectivity index (χ4v) is 4.43. The van der Waals surface area contributed by atoms with E-state index in [9.17, 15) is 19.2 Å². The van der Waals surface area contributed by atoms with Gasteiger partial charge in [-0.1, -0.05) is 36.4 Å². The largest absolute Gasteiger partial charge is 0.490 e. The maximum Gasteiger partial charge on any atom is 0.325 e. The van der Waals surface area contributed by atoms with Crippen molar-refractivity contribution in [3.05, 3.63) is 66.2 Å². The molecule has 3 aromatic carbocycles.